The molecule has 0 bridgehead atoms. The number of aromatic nitrogens is 2. The lowest BCUT2D eigenvalue weighted by Crippen LogP contribution is -2.37. The van der Waals surface area contributed by atoms with Crippen LogP contribution in [0.5, 0.6) is 0 Å². The first-order valence-electron chi connectivity index (χ1n) is 7.60. The highest BCUT2D eigenvalue weighted by atomic mass is 32.1. The molecule has 0 saturated heterocycles. The van der Waals surface area contributed by atoms with Crippen molar-refractivity contribution in [2.24, 2.45) is 20.0 Å². The van der Waals surface area contributed by atoms with Crippen LogP contribution in [0.4, 0.5) is 0 Å². The maximum absolute atomic E-state index is 12.2. The first-order chi connectivity index (χ1) is 11.3. The summed E-state index contributed by atoms with van der Waals surface area (Å²) in [7, 11) is 2.97. The maximum Gasteiger partial charge on any atom is 0.330 e. The van der Waals surface area contributed by atoms with Crippen molar-refractivity contribution < 1.29 is 4.79 Å². The van der Waals surface area contributed by atoms with Gasteiger partial charge in [0.2, 0.25) is 5.91 Å². The molecule has 2 aromatic rings. The quantitative estimate of drug-likeness (QED) is 0.836. The average Bonchev–Trinajstić information content (AvgIpc) is 3.06. The van der Waals surface area contributed by atoms with Crippen LogP contribution in [0.2, 0.25) is 0 Å². The summed E-state index contributed by atoms with van der Waals surface area (Å²) in [5, 5.41) is 4.93. The summed E-state index contributed by atoms with van der Waals surface area (Å²) < 4.78 is 2.32. The van der Waals surface area contributed by atoms with Gasteiger partial charge < -0.3 is 9.88 Å². The van der Waals surface area contributed by atoms with Crippen LogP contribution >= 0.6 is 11.3 Å². The van der Waals surface area contributed by atoms with Crippen LogP contribution in [0, 0.1) is 5.92 Å². The van der Waals surface area contributed by atoms with Gasteiger partial charge >= 0.3 is 5.69 Å². The number of aryl methyl sites for hydroxylation is 1. The lowest BCUT2D eigenvalue weighted by molar-refractivity contribution is -0.117. The molecule has 2 aromatic heterocycles. The second kappa shape index (κ2) is 7.44. The third-order valence-electron chi connectivity index (χ3n) is 3.70. The fourth-order valence-electron chi connectivity index (χ4n) is 2.35. The van der Waals surface area contributed by atoms with E-state index in [-0.39, 0.29) is 23.4 Å². The molecule has 1 unspecified atom stereocenters. The molecule has 0 fully saturated rings. The van der Waals surface area contributed by atoms with E-state index in [9.17, 15) is 14.4 Å². The van der Waals surface area contributed by atoms with Gasteiger partial charge in [-0.25, -0.2) is 4.79 Å². The second-order valence-corrected chi connectivity index (χ2v) is 6.90. The fourth-order valence-corrected chi connectivity index (χ4v) is 3.30. The third kappa shape index (κ3) is 3.91. The summed E-state index contributed by atoms with van der Waals surface area (Å²) in [6.45, 7) is 4.08. The minimum atomic E-state index is -0.430. The van der Waals surface area contributed by atoms with Crippen molar-refractivity contribution in [1.82, 2.24) is 14.5 Å². The monoisotopic (exact) mass is 347 g/mol. The lowest BCUT2D eigenvalue weighted by Gasteiger charge is -2.20. The van der Waals surface area contributed by atoms with Crippen LogP contribution in [0.3, 0.4) is 0 Å². The van der Waals surface area contributed by atoms with Gasteiger partial charge in [0.25, 0.3) is 5.56 Å². The summed E-state index contributed by atoms with van der Waals surface area (Å²) in [4.78, 5) is 37.0. The normalized spacial score (nSPS) is 12.7. The molecular formula is C17H21N3O3S. The molecule has 0 radical (unpaired) electrons. The lowest BCUT2D eigenvalue weighted by atomic mass is 10.0. The molecule has 1 amide bonds. The standard InChI is InChI=1S/C17H21N3O3S/c1-11(2)15(13-6-5-9-24-13)18-14(21)8-7-12-10-19(3)17(23)20(4)16(12)22/h5-11,15H,1-4H3,(H,18,21)/b8-7+. The predicted molar refractivity (Wildman–Crippen MR) is 96.0 cm³/mol. The molecule has 0 aromatic carbocycles. The Labute approximate surface area is 144 Å². The van der Waals surface area contributed by atoms with Crippen molar-refractivity contribution in [2.45, 2.75) is 19.9 Å². The minimum absolute atomic E-state index is 0.0786. The Hall–Kier alpha value is -2.41. The number of nitrogens with one attached hydrogen (secondary N) is 1. The molecule has 7 heteroatoms. The van der Waals surface area contributed by atoms with E-state index < -0.39 is 11.2 Å². The van der Waals surface area contributed by atoms with E-state index in [1.165, 1.54) is 30.0 Å². The minimum Gasteiger partial charge on any atom is -0.345 e. The van der Waals surface area contributed by atoms with Gasteiger partial charge in [-0.1, -0.05) is 19.9 Å². The van der Waals surface area contributed by atoms with Gasteiger partial charge in [0.05, 0.1) is 11.6 Å². The molecule has 0 aliphatic rings. The Kier molecular flexibility index (Phi) is 5.56. The molecule has 6 nitrogen and oxygen atoms in total. The molecular weight excluding hydrogens is 326 g/mol. The van der Waals surface area contributed by atoms with E-state index in [1.807, 2.05) is 31.4 Å². The van der Waals surface area contributed by atoms with Crippen molar-refractivity contribution in [3.63, 3.8) is 0 Å². The van der Waals surface area contributed by atoms with Crippen LogP contribution in [0.1, 0.15) is 30.3 Å². The van der Waals surface area contributed by atoms with Crippen LogP contribution in [0.15, 0.2) is 39.4 Å². The number of carbonyl (C=O) groups excluding carboxylic acids is 1. The SMILES string of the molecule is CC(C)C(NC(=O)/C=C/c1cn(C)c(=O)n(C)c1=O)c1cccs1. The van der Waals surface area contributed by atoms with E-state index in [0.717, 1.165) is 9.44 Å². The Balaban J connectivity index is 2.19. The Bertz CT molecular complexity index is 860. The Morgan fingerprint density at radius 1 is 1.29 bits per heavy atom. The van der Waals surface area contributed by atoms with E-state index in [2.05, 4.69) is 5.32 Å². The highest BCUT2D eigenvalue weighted by molar-refractivity contribution is 7.10. The summed E-state index contributed by atoms with van der Waals surface area (Å²) in [6, 6.07) is 3.86. The third-order valence-corrected chi connectivity index (χ3v) is 4.66. The smallest absolute Gasteiger partial charge is 0.330 e. The number of nitrogens with zero attached hydrogens (tertiary/aromatic N) is 2. The summed E-state index contributed by atoms with van der Waals surface area (Å²) >= 11 is 1.59. The van der Waals surface area contributed by atoms with Gasteiger partial charge in [-0.15, -0.1) is 11.3 Å². The zero-order valence-electron chi connectivity index (χ0n) is 14.1. The number of hydrogen-bond donors (Lipinski definition) is 1. The molecule has 0 aliphatic heterocycles. The summed E-state index contributed by atoms with van der Waals surface area (Å²) in [6.07, 6.45) is 4.18. The zero-order chi connectivity index (χ0) is 17.9. The molecule has 0 aliphatic carbocycles. The largest absolute Gasteiger partial charge is 0.345 e. The first kappa shape index (κ1) is 17.9. The van der Waals surface area contributed by atoms with E-state index >= 15 is 0 Å². The van der Waals surface area contributed by atoms with Gasteiger partial charge in [-0.3, -0.25) is 14.2 Å². The molecule has 1 atom stereocenters. The molecule has 0 spiro atoms. The number of amides is 1. The predicted octanol–water partition coefficient (Wildman–Crippen LogP) is 1.67. The molecule has 24 heavy (non-hydrogen) atoms. The van der Waals surface area contributed by atoms with Crippen molar-refractivity contribution in [1.29, 1.82) is 0 Å². The van der Waals surface area contributed by atoms with E-state index in [1.54, 1.807) is 18.4 Å². The topological polar surface area (TPSA) is 73.1 Å². The molecule has 1 N–H and O–H groups in total. The second-order valence-electron chi connectivity index (χ2n) is 5.92. The fraction of sp³-hybridized carbons (Fsp3) is 0.353. The zero-order valence-corrected chi connectivity index (χ0v) is 15.0. The van der Waals surface area contributed by atoms with Crippen molar-refractivity contribution in [2.75, 3.05) is 0 Å². The van der Waals surface area contributed by atoms with E-state index in [4.69, 9.17) is 0 Å². The summed E-state index contributed by atoms with van der Waals surface area (Å²) in [5.74, 6) is -0.0376. The van der Waals surface area contributed by atoms with Crippen LogP contribution in [-0.2, 0) is 18.9 Å². The van der Waals surface area contributed by atoms with Crippen LogP contribution in [-0.4, -0.2) is 15.0 Å². The van der Waals surface area contributed by atoms with Crippen LogP contribution < -0.4 is 16.6 Å². The van der Waals surface area contributed by atoms with Gasteiger partial charge in [0.15, 0.2) is 0 Å². The molecule has 2 rings (SSSR count). The highest BCUT2D eigenvalue weighted by Gasteiger charge is 2.18. The Morgan fingerprint density at radius 2 is 2.00 bits per heavy atom. The number of thiophene rings is 1. The number of carbonyl (C=O) groups is 1. The maximum atomic E-state index is 12.2. The van der Waals surface area contributed by atoms with Crippen molar-refractivity contribution in [3.8, 4) is 0 Å². The van der Waals surface area contributed by atoms with Gasteiger partial charge in [0.1, 0.15) is 0 Å². The number of rotatable bonds is 5. The van der Waals surface area contributed by atoms with Crippen LogP contribution in [0.25, 0.3) is 6.08 Å². The molecule has 128 valence electrons. The average molecular weight is 347 g/mol. The van der Waals surface area contributed by atoms with E-state index in [0.29, 0.717) is 0 Å². The van der Waals surface area contributed by atoms with Gasteiger partial charge in [-0.2, -0.15) is 0 Å². The van der Waals surface area contributed by atoms with Crippen molar-refractivity contribution in [3.05, 3.63) is 61.1 Å². The molecule has 2 heterocycles. The molecule has 0 saturated carbocycles. The highest BCUT2D eigenvalue weighted by Crippen LogP contribution is 2.25. The number of hydrogen-bond acceptors (Lipinski definition) is 4. The van der Waals surface area contributed by atoms with Crippen molar-refractivity contribution >= 4 is 23.3 Å². The summed E-state index contributed by atoms with van der Waals surface area (Å²) in [5.41, 5.74) is -0.549. The van der Waals surface area contributed by atoms with Gasteiger partial charge in [-0.05, 0) is 23.4 Å². The Morgan fingerprint density at radius 3 is 2.58 bits per heavy atom. The first-order valence-corrected chi connectivity index (χ1v) is 8.48. The van der Waals surface area contributed by atoms with Gasteiger partial charge in [0, 0.05) is 31.2 Å².